The second kappa shape index (κ2) is 5.85. The molecule has 0 saturated heterocycles. The van der Waals surface area contributed by atoms with Crippen LogP contribution in [-0.4, -0.2) is 27.7 Å². The van der Waals surface area contributed by atoms with Crippen molar-refractivity contribution in [2.24, 2.45) is 0 Å². The van der Waals surface area contributed by atoms with E-state index in [1.807, 2.05) is 0 Å². The summed E-state index contributed by atoms with van der Waals surface area (Å²) in [5, 5.41) is 12.1. The second-order valence-corrected chi connectivity index (χ2v) is 4.33. The van der Waals surface area contributed by atoms with Gasteiger partial charge in [0.1, 0.15) is 18.1 Å². The van der Waals surface area contributed by atoms with Gasteiger partial charge in [0, 0.05) is 12.1 Å². The van der Waals surface area contributed by atoms with E-state index in [1.54, 1.807) is 6.07 Å². The number of nitrogens with one attached hydrogen (secondary N) is 1. The number of nitrogens with zero attached hydrogens (tertiary/aromatic N) is 2. The number of aromatic nitrogens is 2. The van der Waals surface area contributed by atoms with Crippen LogP contribution in [0.1, 0.15) is 31.4 Å². The molecular weight excluding hydrogens is 238 g/mol. The predicted molar refractivity (Wildman–Crippen MR) is 66.9 cm³/mol. The van der Waals surface area contributed by atoms with E-state index in [0.29, 0.717) is 17.6 Å². The SMILES string of the molecule is OCC#Cc1cc(NC2CCCC2)nc(Cl)n1. The number of aliphatic hydroxyl groups excluding tert-OH is 1. The van der Waals surface area contributed by atoms with Gasteiger partial charge in [-0.2, -0.15) is 0 Å². The van der Waals surface area contributed by atoms with Crippen LogP contribution in [0, 0.1) is 11.8 Å². The first kappa shape index (κ1) is 12.2. The molecular formula is C12H14ClN3O. The molecule has 0 atom stereocenters. The van der Waals surface area contributed by atoms with Gasteiger partial charge < -0.3 is 10.4 Å². The number of aliphatic hydroxyl groups is 1. The fourth-order valence-electron chi connectivity index (χ4n) is 1.97. The van der Waals surface area contributed by atoms with Crippen LogP contribution in [0.25, 0.3) is 0 Å². The second-order valence-electron chi connectivity index (χ2n) is 3.99. The van der Waals surface area contributed by atoms with Gasteiger partial charge in [-0.25, -0.2) is 9.97 Å². The summed E-state index contributed by atoms with van der Waals surface area (Å²) in [6.45, 7) is -0.187. The van der Waals surface area contributed by atoms with E-state index in [4.69, 9.17) is 16.7 Å². The van der Waals surface area contributed by atoms with Gasteiger partial charge in [-0.15, -0.1) is 0 Å². The minimum absolute atomic E-state index is 0.176. The smallest absolute Gasteiger partial charge is 0.225 e. The lowest BCUT2D eigenvalue weighted by molar-refractivity contribution is 0.350. The lowest BCUT2D eigenvalue weighted by atomic mass is 10.2. The largest absolute Gasteiger partial charge is 0.384 e. The Hall–Kier alpha value is -1.31. The zero-order valence-electron chi connectivity index (χ0n) is 9.41. The molecule has 17 heavy (non-hydrogen) atoms. The van der Waals surface area contributed by atoms with Gasteiger partial charge in [0.15, 0.2) is 0 Å². The van der Waals surface area contributed by atoms with Crippen LogP contribution in [0.4, 0.5) is 5.82 Å². The van der Waals surface area contributed by atoms with Crippen molar-refractivity contribution in [1.29, 1.82) is 0 Å². The number of hydrogen-bond acceptors (Lipinski definition) is 4. The molecule has 0 radical (unpaired) electrons. The Morgan fingerprint density at radius 2 is 2.18 bits per heavy atom. The zero-order chi connectivity index (χ0) is 12.1. The third kappa shape index (κ3) is 3.58. The molecule has 1 saturated carbocycles. The van der Waals surface area contributed by atoms with E-state index in [0.717, 1.165) is 0 Å². The first-order chi connectivity index (χ1) is 8.28. The molecule has 1 fully saturated rings. The van der Waals surface area contributed by atoms with Crippen LogP contribution in [0.2, 0.25) is 5.28 Å². The van der Waals surface area contributed by atoms with Crippen LogP contribution < -0.4 is 5.32 Å². The van der Waals surface area contributed by atoms with Crippen molar-refractivity contribution in [3.8, 4) is 11.8 Å². The number of halogens is 1. The summed E-state index contributed by atoms with van der Waals surface area (Å²) in [7, 11) is 0. The molecule has 0 unspecified atom stereocenters. The first-order valence-electron chi connectivity index (χ1n) is 5.69. The third-order valence-electron chi connectivity index (χ3n) is 2.70. The molecule has 0 aliphatic heterocycles. The fourth-order valence-corrected chi connectivity index (χ4v) is 2.15. The van der Waals surface area contributed by atoms with Crippen molar-refractivity contribution in [1.82, 2.24) is 9.97 Å². The van der Waals surface area contributed by atoms with Gasteiger partial charge in [0.25, 0.3) is 0 Å². The summed E-state index contributed by atoms with van der Waals surface area (Å²) < 4.78 is 0. The van der Waals surface area contributed by atoms with Crippen LogP contribution in [-0.2, 0) is 0 Å². The van der Waals surface area contributed by atoms with Gasteiger partial charge in [-0.1, -0.05) is 18.8 Å². The van der Waals surface area contributed by atoms with Crippen LogP contribution in [0.5, 0.6) is 0 Å². The quantitative estimate of drug-likeness (QED) is 0.622. The van der Waals surface area contributed by atoms with Crippen LogP contribution in [0.15, 0.2) is 6.07 Å². The Kier molecular flexibility index (Phi) is 4.18. The van der Waals surface area contributed by atoms with Crippen LogP contribution >= 0.6 is 11.6 Å². The first-order valence-corrected chi connectivity index (χ1v) is 6.06. The third-order valence-corrected chi connectivity index (χ3v) is 2.87. The Bertz CT molecular complexity index is 447. The maximum atomic E-state index is 8.63. The van der Waals surface area contributed by atoms with Crippen molar-refractivity contribution in [2.45, 2.75) is 31.7 Å². The average molecular weight is 252 g/mol. The van der Waals surface area contributed by atoms with E-state index < -0.39 is 0 Å². The van der Waals surface area contributed by atoms with Crippen molar-refractivity contribution in [3.05, 3.63) is 17.0 Å². The molecule has 0 amide bonds. The number of anilines is 1. The summed E-state index contributed by atoms with van der Waals surface area (Å²) in [6, 6.07) is 2.23. The fraction of sp³-hybridized carbons (Fsp3) is 0.500. The maximum absolute atomic E-state index is 8.63. The van der Waals surface area contributed by atoms with Gasteiger partial charge in [-0.3, -0.25) is 0 Å². The van der Waals surface area contributed by atoms with Crippen molar-refractivity contribution in [3.63, 3.8) is 0 Å². The molecule has 90 valence electrons. The molecule has 1 aromatic rings. The molecule has 2 N–H and O–H groups in total. The molecule has 1 aromatic heterocycles. The highest BCUT2D eigenvalue weighted by molar-refractivity contribution is 6.28. The normalized spacial score (nSPS) is 15.4. The van der Waals surface area contributed by atoms with Gasteiger partial charge in [0.05, 0.1) is 0 Å². The highest BCUT2D eigenvalue weighted by atomic mass is 35.5. The van der Waals surface area contributed by atoms with Crippen LogP contribution in [0.3, 0.4) is 0 Å². The van der Waals surface area contributed by atoms with Gasteiger partial charge in [-0.05, 0) is 30.4 Å². The maximum Gasteiger partial charge on any atom is 0.225 e. The summed E-state index contributed by atoms with van der Waals surface area (Å²) in [5.41, 5.74) is 0.527. The summed E-state index contributed by atoms with van der Waals surface area (Å²) in [5.74, 6) is 5.97. The highest BCUT2D eigenvalue weighted by Crippen LogP contribution is 2.22. The average Bonchev–Trinajstić information content (AvgIpc) is 2.78. The Labute approximate surface area is 105 Å². The number of rotatable bonds is 2. The van der Waals surface area contributed by atoms with E-state index >= 15 is 0 Å². The van der Waals surface area contributed by atoms with Crippen molar-refractivity contribution >= 4 is 17.4 Å². The molecule has 5 heteroatoms. The van der Waals surface area contributed by atoms with E-state index in [9.17, 15) is 0 Å². The Morgan fingerprint density at radius 3 is 2.88 bits per heavy atom. The van der Waals surface area contributed by atoms with E-state index in [2.05, 4.69) is 27.1 Å². The predicted octanol–water partition coefficient (Wildman–Crippen LogP) is 1.83. The Morgan fingerprint density at radius 1 is 1.41 bits per heavy atom. The molecule has 0 aromatic carbocycles. The number of hydrogen-bond donors (Lipinski definition) is 2. The monoisotopic (exact) mass is 251 g/mol. The molecule has 1 aliphatic carbocycles. The lowest BCUT2D eigenvalue weighted by Crippen LogP contribution is -2.15. The minimum Gasteiger partial charge on any atom is -0.384 e. The van der Waals surface area contributed by atoms with Crippen molar-refractivity contribution in [2.75, 3.05) is 11.9 Å². The van der Waals surface area contributed by atoms with Gasteiger partial charge >= 0.3 is 0 Å². The molecule has 0 spiro atoms. The van der Waals surface area contributed by atoms with E-state index in [1.165, 1.54) is 25.7 Å². The highest BCUT2D eigenvalue weighted by Gasteiger charge is 2.15. The lowest BCUT2D eigenvalue weighted by Gasteiger charge is -2.12. The molecule has 4 nitrogen and oxygen atoms in total. The van der Waals surface area contributed by atoms with Crippen molar-refractivity contribution < 1.29 is 5.11 Å². The molecule has 1 aliphatic rings. The zero-order valence-corrected chi connectivity index (χ0v) is 10.2. The van der Waals surface area contributed by atoms with E-state index in [-0.39, 0.29) is 11.9 Å². The molecule has 0 bridgehead atoms. The standard InChI is InChI=1S/C12H14ClN3O/c13-12-15-10(6-3-7-17)8-11(16-12)14-9-4-1-2-5-9/h8-9,17H,1-2,4-5,7H2,(H,14,15,16). The molecule has 1 heterocycles. The topological polar surface area (TPSA) is 58.0 Å². The summed E-state index contributed by atoms with van der Waals surface area (Å²) in [6.07, 6.45) is 4.85. The minimum atomic E-state index is -0.187. The summed E-state index contributed by atoms with van der Waals surface area (Å²) >= 11 is 5.82. The van der Waals surface area contributed by atoms with Gasteiger partial charge in [0.2, 0.25) is 5.28 Å². The summed E-state index contributed by atoms with van der Waals surface area (Å²) in [4.78, 5) is 8.09. The molecule has 2 rings (SSSR count). The Balaban J connectivity index is 2.12.